The number of nitrogens with zero attached hydrogens (tertiary/aromatic N) is 2. The van der Waals surface area contributed by atoms with E-state index < -0.39 is 0 Å². The van der Waals surface area contributed by atoms with E-state index in [9.17, 15) is 10.1 Å². The van der Waals surface area contributed by atoms with Gasteiger partial charge in [-0.15, -0.1) is 0 Å². The molecular weight excluding hydrogens is 358 g/mol. The number of aryl methyl sites for hydroxylation is 1. The molecule has 1 N–H and O–H groups in total. The first kappa shape index (κ1) is 19.2. The van der Waals surface area contributed by atoms with Crippen LogP contribution >= 0.6 is 11.8 Å². The third kappa shape index (κ3) is 4.42. The molecule has 0 saturated carbocycles. The van der Waals surface area contributed by atoms with Gasteiger partial charge < -0.3 is 10.1 Å². The zero-order valence-corrected chi connectivity index (χ0v) is 16.5. The minimum Gasteiger partial charge on any atom is -0.491 e. The van der Waals surface area contributed by atoms with Crippen molar-refractivity contribution in [1.82, 2.24) is 4.98 Å². The van der Waals surface area contributed by atoms with E-state index in [0.717, 1.165) is 36.9 Å². The van der Waals surface area contributed by atoms with Gasteiger partial charge in [-0.25, -0.2) is 4.98 Å². The van der Waals surface area contributed by atoms with Crippen LogP contribution < -0.4 is 10.1 Å². The summed E-state index contributed by atoms with van der Waals surface area (Å²) < 4.78 is 5.68. The summed E-state index contributed by atoms with van der Waals surface area (Å²) in [6, 6.07) is 9.68. The molecule has 0 fully saturated rings. The maximum Gasteiger partial charge on any atom is 0.234 e. The molecule has 0 saturated heterocycles. The molecule has 0 aliphatic heterocycles. The fourth-order valence-corrected chi connectivity index (χ4v) is 4.07. The highest BCUT2D eigenvalue weighted by molar-refractivity contribution is 8.00. The Hall–Kier alpha value is -2.52. The Kier molecular flexibility index (Phi) is 6.36. The van der Waals surface area contributed by atoms with E-state index in [1.54, 1.807) is 0 Å². The molecule has 1 aliphatic rings. The van der Waals surface area contributed by atoms with E-state index in [-0.39, 0.29) is 11.7 Å². The number of hydrogen-bond donors (Lipinski definition) is 1. The molecule has 1 heterocycles. The van der Waals surface area contributed by atoms with Gasteiger partial charge >= 0.3 is 0 Å². The number of nitrogens with one attached hydrogen (secondary N) is 1. The van der Waals surface area contributed by atoms with Gasteiger partial charge in [-0.3, -0.25) is 4.79 Å². The monoisotopic (exact) mass is 381 g/mol. The molecule has 3 rings (SSSR count). The molecule has 0 atom stereocenters. The van der Waals surface area contributed by atoms with Crippen LogP contribution in [0.1, 0.15) is 42.1 Å². The second-order valence-electron chi connectivity index (χ2n) is 6.49. The number of fused-ring (bicyclic) bond motifs is 1. The van der Waals surface area contributed by atoms with Gasteiger partial charge in [-0.2, -0.15) is 5.26 Å². The SMILES string of the molecule is CCCOc1ccccc1NC(=O)CSc1nc2c(c(C)c1C#N)CCC2. The van der Waals surface area contributed by atoms with Crippen LogP contribution in [-0.4, -0.2) is 23.3 Å². The molecule has 1 amide bonds. The van der Waals surface area contributed by atoms with Crippen molar-refractivity contribution in [2.45, 2.75) is 44.6 Å². The number of anilines is 1. The highest BCUT2D eigenvalue weighted by Gasteiger charge is 2.21. The molecule has 1 aromatic carbocycles. The molecule has 5 nitrogen and oxygen atoms in total. The summed E-state index contributed by atoms with van der Waals surface area (Å²) in [7, 11) is 0. The summed E-state index contributed by atoms with van der Waals surface area (Å²) in [5.74, 6) is 0.723. The third-order valence-electron chi connectivity index (χ3n) is 4.54. The van der Waals surface area contributed by atoms with Gasteiger partial charge in [0.05, 0.1) is 23.6 Å². The third-order valence-corrected chi connectivity index (χ3v) is 5.52. The second-order valence-corrected chi connectivity index (χ2v) is 7.45. The van der Waals surface area contributed by atoms with E-state index >= 15 is 0 Å². The van der Waals surface area contributed by atoms with E-state index in [0.29, 0.717) is 28.6 Å². The van der Waals surface area contributed by atoms with Crippen molar-refractivity contribution in [2.24, 2.45) is 0 Å². The Bertz CT molecular complexity index is 890. The number of pyridine rings is 1. The van der Waals surface area contributed by atoms with Gasteiger partial charge in [0.25, 0.3) is 0 Å². The molecule has 0 bridgehead atoms. The number of carbonyl (C=O) groups excluding carboxylic acids is 1. The number of rotatable bonds is 7. The number of carbonyl (C=O) groups is 1. The lowest BCUT2D eigenvalue weighted by atomic mass is 10.0. The number of benzene rings is 1. The maximum atomic E-state index is 12.4. The standard InChI is InChI=1S/C21H23N3O2S/c1-3-11-26-19-10-5-4-8-18(19)23-20(25)13-27-21-16(12-22)14(2)15-7-6-9-17(15)24-21/h4-5,8,10H,3,6-7,9,11,13H2,1-2H3,(H,23,25). The zero-order chi connectivity index (χ0) is 19.2. The van der Waals surface area contributed by atoms with Crippen LogP contribution in [0.2, 0.25) is 0 Å². The Morgan fingerprint density at radius 3 is 2.96 bits per heavy atom. The summed E-state index contributed by atoms with van der Waals surface area (Å²) in [6.45, 7) is 4.62. The van der Waals surface area contributed by atoms with Crippen molar-refractivity contribution in [2.75, 3.05) is 17.7 Å². The fourth-order valence-electron chi connectivity index (χ4n) is 3.21. The molecule has 0 radical (unpaired) electrons. The topological polar surface area (TPSA) is 75.0 Å². The van der Waals surface area contributed by atoms with Crippen molar-refractivity contribution in [1.29, 1.82) is 5.26 Å². The van der Waals surface area contributed by atoms with E-state index in [1.807, 2.05) is 38.1 Å². The number of hydrogen-bond acceptors (Lipinski definition) is 5. The number of nitriles is 1. The van der Waals surface area contributed by atoms with Gasteiger partial charge in [0, 0.05) is 5.69 Å². The van der Waals surface area contributed by atoms with Gasteiger partial charge in [0.1, 0.15) is 16.8 Å². The lowest BCUT2D eigenvalue weighted by Gasteiger charge is -2.13. The highest BCUT2D eigenvalue weighted by atomic mass is 32.2. The summed E-state index contributed by atoms with van der Waals surface area (Å²) in [5.41, 5.74) is 4.56. The minimum atomic E-state index is -0.142. The van der Waals surface area contributed by atoms with Crippen molar-refractivity contribution >= 4 is 23.4 Å². The number of ether oxygens (including phenoxy) is 1. The van der Waals surface area contributed by atoms with Crippen molar-refractivity contribution in [3.8, 4) is 11.8 Å². The van der Waals surface area contributed by atoms with E-state index in [2.05, 4.69) is 16.4 Å². The molecule has 0 unspecified atom stereocenters. The molecule has 1 aromatic heterocycles. The van der Waals surface area contributed by atoms with Gasteiger partial charge in [-0.05, 0) is 55.9 Å². The normalized spacial score (nSPS) is 12.3. The van der Waals surface area contributed by atoms with Crippen molar-refractivity contribution in [3.05, 3.63) is 46.6 Å². The maximum absolute atomic E-state index is 12.4. The van der Waals surface area contributed by atoms with Gasteiger partial charge in [-0.1, -0.05) is 30.8 Å². The Morgan fingerprint density at radius 1 is 1.37 bits per heavy atom. The van der Waals surface area contributed by atoms with Crippen molar-refractivity contribution in [3.63, 3.8) is 0 Å². The van der Waals surface area contributed by atoms with Crippen LogP contribution in [0.5, 0.6) is 5.75 Å². The smallest absolute Gasteiger partial charge is 0.234 e. The summed E-state index contributed by atoms with van der Waals surface area (Å²) in [4.78, 5) is 17.1. The molecule has 0 spiro atoms. The molecular formula is C21H23N3O2S. The van der Waals surface area contributed by atoms with Crippen molar-refractivity contribution < 1.29 is 9.53 Å². The minimum absolute atomic E-state index is 0.142. The van der Waals surface area contributed by atoms with Gasteiger partial charge in [0.15, 0.2) is 0 Å². The van der Waals surface area contributed by atoms with Crippen LogP contribution in [0.4, 0.5) is 5.69 Å². The van der Waals surface area contributed by atoms with E-state index in [4.69, 9.17) is 4.74 Å². The number of para-hydroxylation sites is 2. The molecule has 2 aromatic rings. The predicted octanol–water partition coefficient (Wildman–Crippen LogP) is 4.27. The average molecular weight is 382 g/mol. The van der Waals surface area contributed by atoms with Gasteiger partial charge in [0.2, 0.25) is 5.91 Å². The lowest BCUT2D eigenvalue weighted by Crippen LogP contribution is -2.15. The zero-order valence-electron chi connectivity index (χ0n) is 15.7. The molecule has 1 aliphatic carbocycles. The highest BCUT2D eigenvalue weighted by Crippen LogP contribution is 2.32. The lowest BCUT2D eigenvalue weighted by molar-refractivity contribution is -0.113. The summed E-state index contributed by atoms with van der Waals surface area (Å²) >= 11 is 1.32. The molecule has 140 valence electrons. The number of aromatic nitrogens is 1. The van der Waals surface area contributed by atoms with Crippen LogP contribution in [0, 0.1) is 18.3 Å². The molecule has 27 heavy (non-hydrogen) atoms. The number of amides is 1. The summed E-state index contributed by atoms with van der Waals surface area (Å²) in [5, 5.41) is 13.1. The van der Waals surface area contributed by atoms with Crippen LogP contribution in [0.3, 0.4) is 0 Å². The number of thioether (sulfide) groups is 1. The average Bonchev–Trinajstić information content (AvgIpc) is 3.15. The Labute approximate surface area is 164 Å². The second kappa shape index (κ2) is 8.92. The van der Waals surface area contributed by atoms with E-state index in [1.165, 1.54) is 17.3 Å². The van der Waals surface area contributed by atoms with Crippen LogP contribution in [0.25, 0.3) is 0 Å². The first-order valence-corrected chi connectivity index (χ1v) is 10.2. The fraction of sp³-hybridized carbons (Fsp3) is 0.381. The largest absolute Gasteiger partial charge is 0.491 e. The van der Waals surface area contributed by atoms with Crippen LogP contribution in [-0.2, 0) is 17.6 Å². The Morgan fingerprint density at radius 2 is 2.19 bits per heavy atom. The first-order chi connectivity index (χ1) is 13.1. The first-order valence-electron chi connectivity index (χ1n) is 9.21. The predicted molar refractivity (Wildman–Crippen MR) is 107 cm³/mol. The Balaban J connectivity index is 1.69. The molecule has 6 heteroatoms. The quantitative estimate of drug-likeness (QED) is 0.725. The summed E-state index contributed by atoms with van der Waals surface area (Å²) in [6.07, 6.45) is 3.92. The van der Waals surface area contributed by atoms with Crippen LogP contribution in [0.15, 0.2) is 29.3 Å².